The van der Waals surface area contributed by atoms with Crippen LogP contribution < -0.4 is 0 Å². The van der Waals surface area contributed by atoms with Crippen LogP contribution in [0.1, 0.15) is 51.6 Å². The molecule has 1 saturated heterocycles. The maximum Gasteiger partial charge on any atom is 0.327 e. The number of nitrogens with zero attached hydrogens (tertiary/aromatic N) is 1. The third-order valence-electron chi connectivity index (χ3n) is 4.85. The zero-order valence-electron chi connectivity index (χ0n) is 13.5. The molecular formula is C18H27NO2. The van der Waals surface area contributed by atoms with E-state index in [-0.39, 0.29) is 12.0 Å². The van der Waals surface area contributed by atoms with Gasteiger partial charge in [0, 0.05) is 0 Å². The van der Waals surface area contributed by atoms with Gasteiger partial charge in [0.15, 0.2) is 0 Å². The Labute approximate surface area is 128 Å². The average molecular weight is 289 g/mol. The molecule has 0 spiro atoms. The van der Waals surface area contributed by atoms with E-state index in [1.54, 1.807) is 0 Å². The fourth-order valence-corrected chi connectivity index (χ4v) is 3.03. The molecule has 2 rings (SSSR count). The third-order valence-corrected chi connectivity index (χ3v) is 4.85. The van der Waals surface area contributed by atoms with Crippen LogP contribution in [0.3, 0.4) is 0 Å². The Morgan fingerprint density at radius 2 is 1.86 bits per heavy atom. The van der Waals surface area contributed by atoms with E-state index in [0.717, 1.165) is 31.5 Å². The summed E-state index contributed by atoms with van der Waals surface area (Å²) in [6.45, 7) is 8.83. The highest BCUT2D eigenvalue weighted by Gasteiger charge is 2.35. The number of benzene rings is 1. The van der Waals surface area contributed by atoms with Gasteiger partial charge in [0.1, 0.15) is 6.04 Å². The first-order valence-corrected chi connectivity index (χ1v) is 8.05. The van der Waals surface area contributed by atoms with Crippen molar-refractivity contribution in [3.8, 4) is 0 Å². The Bertz CT molecular complexity index is 450. The lowest BCUT2D eigenvalue weighted by Gasteiger charge is -2.41. The second kappa shape index (κ2) is 7.08. The Balaban J connectivity index is 2.16. The highest BCUT2D eigenvalue weighted by Crippen LogP contribution is 2.37. The largest absolute Gasteiger partial charge is 0.465 e. The van der Waals surface area contributed by atoms with Crippen LogP contribution in [-0.4, -0.2) is 30.6 Å². The zero-order valence-corrected chi connectivity index (χ0v) is 13.5. The average Bonchev–Trinajstić information content (AvgIpc) is 2.51. The summed E-state index contributed by atoms with van der Waals surface area (Å²) in [5, 5.41) is 0. The molecule has 1 fully saturated rings. The molecule has 3 heteroatoms. The van der Waals surface area contributed by atoms with E-state index in [1.165, 1.54) is 6.42 Å². The third kappa shape index (κ3) is 3.85. The van der Waals surface area contributed by atoms with E-state index in [4.69, 9.17) is 4.74 Å². The SMILES string of the molecule is CCOC(=O)C(c1ccccc1)N1CCC(C)(CC)CC1. The van der Waals surface area contributed by atoms with Crippen LogP contribution in [0, 0.1) is 5.41 Å². The van der Waals surface area contributed by atoms with Gasteiger partial charge >= 0.3 is 5.97 Å². The van der Waals surface area contributed by atoms with Crippen LogP contribution in [0.25, 0.3) is 0 Å². The molecule has 1 aliphatic rings. The van der Waals surface area contributed by atoms with Crippen molar-refractivity contribution in [2.75, 3.05) is 19.7 Å². The van der Waals surface area contributed by atoms with Crippen molar-refractivity contribution in [1.82, 2.24) is 4.90 Å². The van der Waals surface area contributed by atoms with Crippen molar-refractivity contribution in [2.45, 2.75) is 46.1 Å². The second-order valence-corrected chi connectivity index (χ2v) is 6.27. The molecule has 0 bridgehead atoms. The predicted molar refractivity (Wildman–Crippen MR) is 85.0 cm³/mol. The van der Waals surface area contributed by atoms with Gasteiger partial charge in [-0.15, -0.1) is 0 Å². The quantitative estimate of drug-likeness (QED) is 0.772. The summed E-state index contributed by atoms with van der Waals surface area (Å²) < 4.78 is 5.31. The van der Waals surface area contributed by atoms with E-state index >= 15 is 0 Å². The van der Waals surface area contributed by atoms with Crippen LogP contribution in [0.15, 0.2) is 30.3 Å². The smallest absolute Gasteiger partial charge is 0.327 e. The van der Waals surface area contributed by atoms with Gasteiger partial charge < -0.3 is 4.74 Å². The molecule has 0 N–H and O–H groups in total. The fraction of sp³-hybridized carbons (Fsp3) is 0.611. The van der Waals surface area contributed by atoms with Gasteiger partial charge in [-0.1, -0.05) is 50.6 Å². The second-order valence-electron chi connectivity index (χ2n) is 6.27. The molecule has 0 saturated carbocycles. The van der Waals surface area contributed by atoms with E-state index in [0.29, 0.717) is 12.0 Å². The summed E-state index contributed by atoms with van der Waals surface area (Å²) in [5.41, 5.74) is 1.46. The van der Waals surface area contributed by atoms with Gasteiger partial charge in [0.25, 0.3) is 0 Å². The lowest BCUT2D eigenvalue weighted by Crippen LogP contribution is -2.43. The number of esters is 1. The number of carbonyl (C=O) groups is 1. The lowest BCUT2D eigenvalue weighted by atomic mass is 9.78. The van der Waals surface area contributed by atoms with Crippen LogP contribution in [-0.2, 0) is 9.53 Å². The molecule has 1 unspecified atom stereocenters. The lowest BCUT2D eigenvalue weighted by molar-refractivity contribution is -0.151. The van der Waals surface area contributed by atoms with Gasteiger partial charge in [-0.25, -0.2) is 4.79 Å². The highest BCUT2D eigenvalue weighted by atomic mass is 16.5. The first kappa shape index (κ1) is 16.0. The van der Waals surface area contributed by atoms with Gasteiger partial charge in [-0.2, -0.15) is 0 Å². The van der Waals surface area contributed by atoms with E-state index in [2.05, 4.69) is 18.7 Å². The van der Waals surface area contributed by atoms with Crippen molar-refractivity contribution < 1.29 is 9.53 Å². The normalized spacial score (nSPS) is 20.0. The molecule has 3 nitrogen and oxygen atoms in total. The van der Waals surface area contributed by atoms with E-state index < -0.39 is 0 Å². The van der Waals surface area contributed by atoms with Gasteiger partial charge in [0.05, 0.1) is 6.61 Å². The van der Waals surface area contributed by atoms with Crippen LogP contribution in [0.2, 0.25) is 0 Å². The van der Waals surface area contributed by atoms with Crippen molar-refractivity contribution in [2.24, 2.45) is 5.41 Å². The molecule has 0 aromatic heterocycles. The van der Waals surface area contributed by atoms with Gasteiger partial charge in [-0.05, 0) is 43.8 Å². The van der Waals surface area contributed by atoms with Crippen molar-refractivity contribution in [1.29, 1.82) is 0 Å². The standard InChI is InChI=1S/C18H27NO2/c1-4-18(3)11-13-19(14-12-18)16(17(20)21-5-2)15-9-7-6-8-10-15/h6-10,16H,4-5,11-14H2,1-3H3. The number of likely N-dealkylation sites (tertiary alicyclic amines) is 1. The fourth-order valence-electron chi connectivity index (χ4n) is 3.03. The summed E-state index contributed by atoms with van der Waals surface area (Å²) in [6, 6.07) is 9.75. The van der Waals surface area contributed by atoms with Crippen LogP contribution in [0.5, 0.6) is 0 Å². The summed E-state index contributed by atoms with van der Waals surface area (Å²) in [7, 11) is 0. The maximum atomic E-state index is 12.4. The van der Waals surface area contributed by atoms with Crippen molar-refractivity contribution >= 4 is 5.97 Å². The Morgan fingerprint density at radius 1 is 1.24 bits per heavy atom. The number of carbonyl (C=O) groups excluding carboxylic acids is 1. The highest BCUT2D eigenvalue weighted by molar-refractivity contribution is 5.77. The molecule has 21 heavy (non-hydrogen) atoms. The topological polar surface area (TPSA) is 29.5 Å². The molecule has 116 valence electrons. The maximum absolute atomic E-state index is 12.4. The Morgan fingerprint density at radius 3 is 2.38 bits per heavy atom. The van der Waals surface area contributed by atoms with E-state index in [9.17, 15) is 4.79 Å². The van der Waals surface area contributed by atoms with Crippen molar-refractivity contribution in [3.05, 3.63) is 35.9 Å². The summed E-state index contributed by atoms with van der Waals surface area (Å²) in [6.07, 6.45) is 3.49. The first-order chi connectivity index (χ1) is 10.1. The number of ether oxygens (including phenoxy) is 1. The molecule has 1 aromatic rings. The van der Waals surface area contributed by atoms with Gasteiger partial charge in [0.2, 0.25) is 0 Å². The molecule has 0 amide bonds. The zero-order chi connectivity index (χ0) is 15.3. The number of hydrogen-bond acceptors (Lipinski definition) is 3. The molecule has 0 aliphatic carbocycles. The van der Waals surface area contributed by atoms with Crippen LogP contribution >= 0.6 is 0 Å². The molecule has 1 heterocycles. The Kier molecular flexibility index (Phi) is 5.40. The molecule has 1 aliphatic heterocycles. The molecule has 1 aromatic carbocycles. The van der Waals surface area contributed by atoms with Crippen LogP contribution in [0.4, 0.5) is 0 Å². The predicted octanol–water partition coefficient (Wildman–Crippen LogP) is 3.80. The summed E-state index contributed by atoms with van der Waals surface area (Å²) in [5.74, 6) is -0.121. The first-order valence-electron chi connectivity index (χ1n) is 8.05. The monoisotopic (exact) mass is 289 g/mol. The number of hydrogen-bond donors (Lipinski definition) is 0. The minimum atomic E-state index is -0.257. The minimum absolute atomic E-state index is 0.121. The molecule has 1 atom stereocenters. The summed E-state index contributed by atoms with van der Waals surface area (Å²) >= 11 is 0. The molecule has 0 radical (unpaired) electrons. The molecular weight excluding hydrogens is 262 g/mol. The number of rotatable bonds is 5. The minimum Gasteiger partial charge on any atom is -0.465 e. The Hall–Kier alpha value is -1.35. The van der Waals surface area contributed by atoms with Crippen molar-refractivity contribution in [3.63, 3.8) is 0 Å². The summed E-state index contributed by atoms with van der Waals surface area (Å²) in [4.78, 5) is 14.7. The van der Waals surface area contributed by atoms with E-state index in [1.807, 2.05) is 37.3 Å². The van der Waals surface area contributed by atoms with Gasteiger partial charge in [-0.3, -0.25) is 4.90 Å². The number of piperidine rings is 1.